The summed E-state index contributed by atoms with van der Waals surface area (Å²) in [5, 5.41) is 11.4. The Hall–Kier alpha value is -1.93. The maximum atomic E-state index is 11.8. The Labute approximate surface area is 147 Å². The molecule has 0 bridgehead atoms. The third-order valence-electron chi connectivity index (χ3n) is 4.35. The molecule has 0 unspecified atom stereocenters. The molecule has 0 heterocycles. The zero-order chi connectivity index (χ0) is 18.3. The first-order valence-electron chi connectivity index (χ1n) is 8.42. The molecule has 0 radical (unpaired) electrons. The molecule has 1 aromatic rings. The second-order valence-corrected chi connectivity index (χ2v) is 8.24. The molecule has 1 saturated carbocycles. The topological polar surface area (TPSA) is 113 Å². The summed E-state index contributed by atoms with van der Waals surface area (Å²) in [6, 6.07) is 6.34. The minimum atomic E-state index is -3.35. The van der Waals surface area contributed by atoms with E-state index in [0.717, 1.165) is 18.4 Å². The van der Waals surface area contributed by atoms with Gasteiger partial charge in [0.25, 0.3) is 0 Å². The van der Waals surface area contributed by atoms with Gasteiger partial charge in [-0.3, -0.25) is 4.79 Å². The van der Waals surface area contributed by atoms with Crippen molar-refractivity contribution in [3.8, 4) is 0 Å². The average molecular weight is 368 g/mol. The van der Waals surface area contributed by atoms with Crippen molar-refractivity contribution in [2.24, 2.45) is 5.92 Å². The number of amides is 1. The van der Waals surface area contributed by atoms with E-state index in [9.17, 15) is 18.0 Å². The first-order valence-corrected chi connectivity index (χ1v) is 10.1. The van der Waals surface area contributed by atoms with Crippen molar-refractivity contribution in [2.45, 2.75) is 32.1 Å². The molecule has 1 amide bonds. The summed E-state index contributed by atoms with van der Waals surface area (Å²) in [6.45, 7) is 0.569. The second-order valence-electron chi connectivity index (χ2n) is 6.32. The molecule has 25 heavy (non-hydrogen) atoms. The van der Waals surface area contributed by atoms with Crippen LogP contribution in [0.2, 0.25) is 0 Å². The predicted octanol–water partition coefficient (Wildman–Crippen LogP) is 1.15. The van der Waals surface area contributed by atoms with Crippen molar-refractivity contribution >= 4 is 21.9 Å². The highest BCUT2D eigenvalue weighted by Gasteiger charge is 2.20. The van der Waals surface area contributed by atoms with E-state index >= 15 is 0 Å². The van der Waals surface area contributed by atoms with Gasteiger partial charge in [-0.05, 0) is 42.9 Å². The van der Waals surface area contributed by atoms with Crippen LogP contribution in [0.15, 0.2) is 24.3 Å². The van der Waals surface area contributed by atoms with E-state index < -0.39 is 16.0 Å². The maximum absolute atomic E-state index is 11.8. The lowest BCUT2D eigenvalue weighted by Gasteiger charge is -2.25. The molecule has 0 aromatic heterocycles. The van der Waals surface area contributed by atoms with Crippen molar-refractivity contribution in [1.29, 1.82) is 0 Å². The van der Waals surface area contributed by atoms with Crippen LogP contribution in [0.3, 0.4) is 0 Å². The number of nitrogens with one attached hydrogen (secondary N) is 2. The number of hydrogen-bond acceptors (Lipinski definition) is 4. The van der Waals surface area contributed by atoms with E-state index in [2.05, 4.69) is 10.0 Å². The first kappa shape index (κ1) is 19.4. The van der Waals surface area contributed by atoms with Crippen molar-refractivity contribution in [3.63, 3.8) is 0 Å². The number of rotatable bonds is 10. The molecule has 0 aliphatic heterocycles. The van der Waals surface area contributed by atoms with Crippen LogP contribution in [-0.4, -0.2) is 44.2 Å². The number of carboxylic acids is 1. The minimum Gasteiger partial charge on any atom is -0.478 e. The van der Waals surface area contributed by atoms with Crippen LogP contribution in [0.1, 0.15) is 41.6 Å². The van der Waals surface area contributed by atoms with Crippen molar-refractivity contribution < 1.29 is 23.1 Å². The summed E-state index contributed by atoms with van der Waals surface area (Å²) < 4.78 is 26.2. The zero-order valence-corrected chi connectivity index (χ0v) is 14.8. The third kappa shape index (κ3) is 6.83. The predicted molar refractivity (Wildman–Crippen MR) is 93.9 cm³/mol. The molecule has 1 aliphatic carbocycles. The van der Waals surface area contributed by atoms with Gasteiger partial charge < -0.3 is 10.4 Å². The second kappa shape index (κ2) is 8.96. The van der Waals surface area contributed by atoms with Gasteiger partial charge in [-0.2, -0.15) is 0 Å². The minimum absolute atomic E-state index is 0.0801. The number of benzene rings is 1. The highest BCUT2D eigenvalue weighted by Crippen LogP contribution is 2.25. The zero-order valence-electron chi connectivity index (χ0n) is 14.0. The number of sulfonamides is 1. The fourth-order valence-corrected chi connectivity index (χ4v) is 3.50. The maximum Gasteiger partial charge on any atom is 0.335 e. The molecule has 8 heteroatoms. The van der Waals surface area contributed by atoms with Crippen LogP contribution < -0.4 is 10.0 Å². The SMILES string of the molecule is O=C(CCc1ccc(C(=O)O)cc1)NCCS(=O)(=O)NCC1CCC1. The van der Waals surface area contributed by atoms with Gasteiger partial charge in [0.1, 0.15) is 0 Å². The van der Waals surface area contributed by atoms with E-state index in [1.165, 1.54) is 18.6 Å². The molecule has 1 fully saturated rings. The largest absolute Gasteiger partial charge is 0.478 e. The number of aryl methyl sites for hydroxylation is 1. The first-order chi connectivity index (χ1) is 11.9. The number of aromatic carboxylic acids is 1. The number of carbonyl (C=O) groups excluding carboxylic acids is 1. The number of carbonyl (C=O) groups is 2. The van der Waals surface area contributed by atoms with Gasteiger partial charge in [0.15, 0.2) is 0 Å². The van der Waals surface area contributed by atoms with Crippen molar-refractivity contribution in [3.05, 3.63) is 35.4 Å². The normalized spacial score (nSPS) is 14.7. The van der Waals surface area contributed by atoms with Gasteiger partial charge in [-0.15, -0.1) is 0 Å². The molecule has 0 spiro atoms. The van der Waals surface area contributed by atoms with E-state index in [-0.39, 0.29) is 30.2 Å². The smallest absolute Gasteiger partial charge is 0.335 e. The monoisotopic (exact) mass is 368 g/mol. The van der Waals surface area contributed by atoms with Crippen LogP contribution in [-0.2, 0) is 21.2 Å². The lowest BCUT2D eigenvalue weighted by atomic mass is 9.86. The molecular weight excluding hydrogens is 344 g/mol. The van der Waals surface area contributed by atoms with Crippen molar-refractivity contribution in [2.75, 3.05) is 18.8 Å². The summed E-state index contributed by atoms with van der Waals surface area (Å²) >= 11 is 0. The Morgan fingerprint density at radius 1 is 1.16 bits per heavy atom. The lowest BCUT2D eigenvalue weighted by Crippen LogP contribution is -2.37. The lowest BCUT2D eigenvalue weighted by molar-refractivity contribution is -0.120. The van der Waals surface area contributed by atoms with E-state index in [4.69, 9.17) is 5.11 Å². The van der Waals surface area contributed by atoms with Crippen LogP contribution >= 0.6 is 0 Å². The van der Waals surface area contributed by atoms with Gasteiger partial charge in [-0.25, -0.2) is 17.9 Å². The molecule has 7 nitrogen and oxygen atoms in total. The standard InChI is InChI=1S/C17H24N2O5S/c20-16(9-6-13-4-7-15(8-5-13)17(21)22)18-10-11-25(23,24)19-12-14-2-1-3-14/h4-5,7-8,14,19H,1-3,6,9-12H2,(H,18,20)(H,21,22). The Morgan fingerprint density at radius 2 is 1.84 bits per heavy atom. The van der Waals surface area contributed by atoms with Gasteiger partial charge in [0.05, 0.1) is 11.3 Å². The summed E-state index contributed by atoms with van der Waals surface area (Å²) in [5.41, 5.74) is 1.06. The summed E-state index contributed by atoms with van der Waals surface area (Å²) in [4.78, 5) is 22.5. The number of hydrogen-bond donors (Lipinski definition) is 3. The molecule has 3 N–H and O–H groups in total. The van der Waals surface area contributed by atoms with E-state index in [1.54, 1.807) is 12.1 Å². The third-order valence-corrected chi connectivity index (χ3v) is 5.70. The van der Waals surface area contributed by atoms with Crippen LogP contribution in [0.25, 0.3) is 0 Å². The molecule has 2 rings (SSSR count). The quantitative estimate of drug-likeness (QED) is 0.573. The van der Waals surface area contributed by atoms with E-state index in [0.29, 0.717) is 18.9 Å². The molecule has 1 aromatic carbocycles. The number of carboxylic acid groups (broad SMARTS) is 1. The fraction of sp³-hybridized carbons (Fsp3) is 0.529. The summed E-state index contributed by atoms with van der Waals surface area (Å²) in [7, 11) is -3.35. The van der Waals surface area contributed by atoms with Gasteiger partial charge in [0, 0.05) is 19.5 Å². The molecule has 0 saturated heterocycles. The Kier molecular flexibility index (Phi) is 6.95. The van der Waals surface area contributed by atoms with Crippen LogP contribution in [0.4, 0.5) is 0 Å². The molecule has 0 atom stereocenters. The highest BCUT2D eigenvalue weighted by molar-refractivity contribution is 7.89. The average Bonchev–Trinajstić information content (AvgIpc) is 2.51. The van der Waals surface area contributed by atoms with Crippen LogP contribution in [0.5, 0.6) is 0 Å². The Bertz CT molecular complexity index is 696. The summed E-state index contributed by atoms with van der Waals surface area (Å²) in [6.07, 6.45) is 4.02. The molecule has 138 valence electrons. The molecular formula is C17H24N2O5S. The van der Waals surface area contributed by atoms with E-state index in [1.807, 2.05) is 0 Å². The highest BCUT2D eigenvalue weighted by atomic mass is 32.2. The summed E-state index contributed by atoms with van der Waals surface area (Å²) in [5.74, 6) is -0.886. The van der Waals surface area contributed by atoms with Gasteiger partial charge in [-0.1, -0.05) is 18.6 Å². The van der Waals surface area contributed by atoms with Crippen molar-refractivity contribution in [1.82, 2.24) is 10.0 Å². The fourth-order valence-electron chi connectivity index (χ4n) is 2.50. The van der Waals surface area contributed by atoms with Crippen LogP contribution in [0, 0.1) is 5.92 Å². The van der Waals surface area contributed by atoms with Gasteiger partial charge >= 0.3 is 5.97 Å². The Morgan fingerprint density at radius 3 is 2.40 bits per heavy atom. The molecule has 1 aliphatic rings. The Balaban J connectivity index is 1.63. The van der Waals surface area contributed by atoms with Gasteiger partial charge in [0.2, 0.25) is 15.9 Å².